The van der Waals surface area contributed by atoms with Crippen molar-refractivity contribution in [2.45, 2.75) is 57.3 Å². The lowest BCUT2D eigenvalue weighted by atomic mass is 10.1. The van der Waals surface area contributed by atoms with Gasteiger partial charge in [0.1, 0.15) is 12.6 Å². The van der Waals surface area contributed by atoms with Crippen molar-refractivity contribution in [1.29, 1.82) is 0 Å². The predicted molar refractivity (Wildman–Crippen MR) is 107 cm³/mol. The van der Waals surface area contributed by atoms with E-state index in [1.54, 1.807) is 24.8 Å². The number of nitrogens with zero attached hydrogens (tertiary/aromatic N) is 4. The molecule has 4 rings (SSSR count). The predicted octanol–water partition coefficient (Wildman–Crippen LogP) is -0.203. The molecule has 2 aromatic rings. The smallest absolute Gasteiger partial charge is 0.269 e. The van der Waals surface area contributed by atoms with Crippen LogP contribution in [-0.2, 0) is 16.1 Å². The van der Waals surface area contributed by atoms with E-state index in [4.69, 9.17) is 5.73 Å². The second kappa shape index (κ2) is 7.35. The summed E-state index contributed by atoms with van der Waals surface area (Å²) in [4.78, 5) is 43.2. The Morgan fingerprint density at radius 3 is 2.80 bits per heavy atom. The number of carbonyl (C=O) groups excluding carboxylic acids is 3. The Balaban J connectivity index is 1.49. The Hall–Kier alpha value is -3.01. The molecule has 160 valence electrons. The summed E-state index contributed by atoms with van der Waals surface area (Å²) in [5.41, 5.74) is 5.17. The van der Waals surface area contributed by atoms with Gasteiger partial charge in [-0.05, 0) is 45.1 Å². The van der Waals surface area contributed by atoms with Gasteiger partial charge in [0, 0.05) is 24.2 Å². The maximum absolute atomic E-state index is 13.1. The first-order valence-corrected chi connectivity index (χ1v) is 10.1. The van der Waals surface area contributed by atoms with Crippen LogP contribution in [0.25, 0.3) is 10.9 Å². The van der Waals surface area contributed by atoms with Gasteiger partial charge in [-0.2, -0.15) is 5.10 Å². The molecule has 0 aromatic carbocycles. The number of nitrogens with two attached hydrogens (primary N) is 1. The molecule has 0 bridgehead atoms. The topological polar surface area (TPSA) is 143 Å². The zero-order chi connectivity index (χ0) is 21.6. The van der Waals surface area contributed by atoms with Gasteiger partial charge in [-0.3, -0.25) is 24.0 Å². The molecule has 10 nitrogen and oxygen atoms in total. The second-order valence-corrected chi connectivity index (χ2v) is 8.73. The molecule has 30 heavy (non-hydrogen) atoms. The van der Waals surface area contributed by atoms with Crippen molar-refractivity contribution >= 4 is 28.6 Å². The van der Waals surface area contributed by atoms with Gasteiger partial charge >= 0.3 is 0 Å². The number of aliphatic hydroxyl groups is 1. The fraction of sp³-hybridized carbons (Fsp3) is 0.550. The van der Waals surface area contributed by atoms with Gasteiger partial charge < -0.3 is 21.1 Å². The number of nitrogens with one attached hydrogen (secondary N) is 1. The Bertz CT molecular complexity index is 1010. The number of rotatable bonds is 7. The molecule has 2 aliphatic rings. The summed E-state index contributed by atoms with van der Waals surface area (Å²) in [7, 11) is 0. The molecule has 1 aliphatic carbocycles. The van der Waals surface area contributed by atoms with Crippen LogP contribution in [0.2, 0.25) is 0 Å². The fourth-order valence-electron chi connectivity index (χ4n) is 4.19. The summed E-state index contributed by atoms with van der Waals surface area (Å²) in [5, 5.41) is 17.4. The monoisotopic (exact) mass is 414 g/mol. The maximum Gasteiger partial charge on any atom is 0.269 e. The number of pyridine rings is 1. The molecule has 3 atom stereocenters. The summed E-state index contributed by atoms with van der Waals surface area (Å²) in [5.74, 6) is -0.766. The first-order valence-electron chi connectivity index (χ1n) is 10.1. The highest BCUT2D eigenvalue weighted by Gasteiger charge is 2.55. The van der Waals surface area contributed by atoms with Gasteiger partial charge in [0.25, 0.3) is 5.91 Å². The summed E-state index contributed by atoms with van der Waals surface area (Å²) in [6, 6.07) is 1.17. The first kappa shape index (κ1) is 20.3. The van der Waals surface area contributed by atoms with Crippen molar-refractivity contribution in [1.82, 2.24) is 25.0 Å². The Morgan fingerprint density at radius 1 is 1.33 bits per heavy atom. The number of piperidine rings is 1. The van der Waals surface area contributed by atoms with Crippen molar-refractivity contribution in [2.24, 2.45) is 11.7 Å². The lowest BCUT2D eigenvalue weighted by Gasteiger charge is -2.27. The number of hydrogen-bond acceptors (Lipinski definition) is 6. The number of carbonyl (C=O) groups is 3. The number of hydrogen-bond donors (Lipinski definition) is 3. The van der Waals surface area contributed by atoms with E-state index in [-0.39, 0.29) is 30.1 Å². The van der Waals surface area contributed by atoms with Crippen molar-refractivity contribution in [2.75, 3.05) is 6.54 Å². The molecule has 0 radical (unpaired) electrons. The lowest BCUT2D eigenvalue weighted by molar-refractivity contribution is -0.140. The summed E-state index contributed by atoms with van der Waals surface area (Å²) in [6.45, 7) is 3.60. The minimum Gasteiger partial charge on any atom is -0.390 e. The fourth-order valence-corrected chi connectivity index (χ4v) is 4.19. The van der Waals surface area contributed by atoms with Crippen LogP contribution in [0.4, 0.5) is 0 Å². The van der Waals surface area contributed by atoms with Crippen LogP contribution < -0.4 is 11.1 Å². The van der Waals surface area contributed by atoms with E-state index in [2.05, 4.69) is 15.4 Å². The first-order chi connectivity index (χ1) is 14.2. The molecule has 3 heterocycles. The van der Waals surface area contributed by atoms with Crippen molar-refractivity contribution in [3.8, 4) is 0 Å². The summed E-state index contributed by atoms with van der Waals surface area (Å²) >= 11 is 0. The summed E-state index contributed by atoms with van der Waals surface area (Å²) < 4.78 is 1.42. The third kappa shape index (κ3) is 3.87. The van der Waals surface area contributed by atoms with E-state index in [1.807, 2.05) is 0 Å². The number of primary amides is 1. The lowest BCUT2D eigenvalue weighted by Crippen LogP contribution is -2.49. The van der Waals surface area contributed by atoms with E-state index in [0.717, 1.165) is 6.42 Å². The molecule has 1 saturated heterocycles. The van der Waals surface area contributed by atoms with Gasteiger partial charge in [-0.15, -0.1) is 0 Å². The van der Waals surface area contributed by atoms with Gasteiger partial charge in [0.15, 0.2) is 5.69 Å². The normalized spacial score (nSPS) is 22.8. The number of fused-ring (bicyclic) bond motifs is 2. The van der Waals surface area contributed by atoms with Crippen molar-refractivity contribution in [3.63, 3.8) is 0 Å². The molecule has 3 amide bonds. The molecule has 0 spiro atoms. The van der Waals surface area contributed by atoms with Crippen LogP contribution >= 0.6 is 0 Å². The largest absolute Gasteiger partial charge is 0.390 e. The van der Waals surface area contributed by atoms with Crippen LogP contribution in [0.15, 0.2) is 18.5 Å². The molecule has 2 fully saturated rings. The third-order valence-corrected chi connectivity index (χ3v) is 5.80. The number of amides is 3. The molecule has 1 aliphatic heterocycles. The molecule has 1 saturated carbocycles. The van der Waals surface area contributed by atoms with Crippen LogP contribution in [0.5, 0.6) is 0 Å². The highest BCUT2D eigenvalue weighted by molar-refractivity contribution is 6.04. The van der Waals surface area contributed by atoms with Gasteiger partial charge in [0.2, 0.25) is 11.8 Å². The molecular weight excluding hydrogens is 388 g/mol. The van der Waals surface area contributed by atoms with Crippen LogP contribution in [-0.4, -0.2) is 66.7 Å². The Morgan fingerprint density at radius 2 is 2.10 bits per heavy atom. The summed E-state index contributed by atoms with van der Waals surface area (Å²) in [6.07, 6.45) is 5.03. The number of likely N-dealkylation sites (tertiary alicyclic amines) is 1. The third-order valence-electron chi connectivity index (χ3n) is 5.80. The van der Waals surface area contributed by atoms with Gasteiger partial charge in [-0.25, -0.2) is 0 Å². The van der Waals surface area contributed by atoms with E-state index in [0.29, 0.717) is 36.2 Å². The average Bonchev–Trinajstić information content (AvgIpc) is 3.17. The van der Waals surface area contributed by atoms with E-state index >= 15 is 0 Å². The standard InChI is InChI=1S/C20H26N6O4/c1-20(2,30)4-6-23-19(29)14-8-11-7-13(11)26(14)16(27)10-25-15-9-22-5-3-12(15)17(24-25)18(21)28/h3,5,9,11,13-14,30H,4,6-8,10H2,1-2H3,(H2,21,28)(H,23,29)/t11-,13-,14+/m1/s1. The molecule has 0 unspecified atom stereocenters. The molecule has 10 heteroatoms. The zero-order valence-electron chi connectivity index (χ0n) is 17.0. The van der Waals surface area contributed by atoms with Crippen LogP contribution in [0.3, 0.4) is 0 Å². The van der Waals surface area contributed by atoms with Crippen LogP contribution in [0.1, 0.15) is 43.6 Å². The minimum absolute atomic E-state index is 0.0677. The second-order valence-electron chi connectivity index (χ2n) is 8.73. The average molecular weight is 414 g/mol. The quantitative estimate of drug-likeness (QED) is 0.572. The SMILES string of the molecule is CC(C)(O)CCNC(=O)[C@@H]1C[C@H]2C[C@H]2N1C(=O)Cn1nc(C(N)=O)c2ccncc21. The molecule has 4 N–H and O–H groups in total. The van der Waals surface area contributed by atoms with Gasteiger partial charge in [0.05, 0.1) is 17.3 Å². The zero-order valence-corrected chi connectivity index (χ0v) is 17.0. The van der Waals surface area contributed by atoms with E-state index in [9.17, 15) is 19.5 Å². The highest BCUT2D eigenvalue weighted by atomic mass is 16.3. The van der Waals surface area contributed by atoms with Gasteiger partial charge in [-0.1, -0.05) is 0 Å². The van der Waals surface area contributed by atoms with Crippen molar-refractivity contribution in [3.05, 3.63) is 24.2 Å². The maximum atomic E-state index is 13.1. The molecular formula is C20H26N6O4. The Kier molecular flexibility index (Phi) is 4.97. The highest BCUT2D eigenvalue weighted by Crippen LogP contribution is 2.48. The van der Waals surface area contributed by atoms with Crippen molar-refractivity contribution < 1.29 is 19.5 Å². The number of aromatic nitrogens is 3. The Labute approximate surface area is 173 Å². The van der Waals surface area contributed by atoms with Crippen LogP contribution in [0, 0.1) is 5.92 Å². The van der Waals surface area contributed by atoms with E-state index in [1.165, 1.54) is 17.1 Å². The van der Waals surface area contributed by atoms with E-state index < -0.39 is 17.6 Å². The molecule has 2 aromatic heterocycles. The minimum atomic E-state index is -0.867.